The smallest absolute Gasteiger partial charge is 0.302 e. The van der Waals surface area contributed by atoms with Crippen LogP contribution in [-0.4, -0.2) is 24.3 Å². The van der Waals surface area contributed by atoms with Crippen molar-refractivity contribution < 1.29 is 14.3 Å². The lowest BCUT2D eigenvalue weighted by Gasteiger charge is -2.20. The van der Waals surface area contributed by atoms with Crippen LogP contribution in [0.3, 0.4) is 0 Å². The minimum Gasteiger partial charge on any atom is -0.461 e. The Morgan fingerprint density at radius 1 is 1.28 bits per heavy atom. The van der Waals surface area contributed by atoms with E-state index >= 15 is 0 Å². The summed E-state index contributed by atoms with van der Waals surface area (Å²) in [5.74, 6) is 0.0996. The fourth-order valence-electron chi connectivity index (χ4n) is 3.62. The molecule has 2 rings (SSSR count). The predicted molar refractivity (Wildman–Crippen MR) is 102 cm³/mol. The molecule has 0 amide bonds. The van der Waals surface area contributed by atoms with Gasteiger partial charge in [0.2, 0.25) is 0 Å². The zero-order valence-corrected chi connectivity index (χ0v) is 16.4. The lowest BCUT2D eigenvalue weighted by Crippen LogP contribution is -2.17. The maximum atomic E-state index is 11.1. The average Bonchev–Trinajstić information content (AvgIpc) is 3.18. The Balaban J connectivity index is 2.04. The summed E-state index contributed by atoms with van der Waals surface area (Å²) in [7, 11) is 0. The molecule has 1 fully saturated rings. The van der Waals surface area contributed by atoms with Gasteiger partial charge in [0, 0.05) is 6.92 Å². The van der Waals surface area contributed by atoms with Crippen molar-refractivity contribution in [3.05, 3.63) is 35.5 Å². The van der Waals surface area contributed by atoms with Crippen molar-refractivity contribution >= 4 is 5.97 Å². The normalized spacial score (nSPS) is 31.0. The first-order chi connectivity index (χ1) is 11.8. The van der Waals surface area contributed by atoms with Crippen LogP contribution >= 0.6 is 0 Å². The van der Waals surface area contributed by atoms with Crippen LogP contribution in [0.5, 0.6) is 0 Å². The first-order valence-corrected chi connectivity index (χ1v) is 9.60. The SMILES string of the molecule is C=C(COC(C)=O)[C@H]1CCC(C)=CCCC(C)=CCC[C@]2(C)O[C@H]2C1. The fourth-order valence-corrected chi connectivity index (χ4v) is 3.62. The number of hydrogen-bond acceptors (Lipinski definition) is 3. The van der Waals surface area contributed by atoms with Crippen molar-refractivity contribution in [3.8, 4) is 0 Å². The van der Waals surface area contributed by atoms with Crippen molar-refractivity contribution in [2.75, 3.05) is 6.61 Å². The second-order valence-electron chi connectivity index (χ2n) is 8.01. The van der Waals surface area contributed by atoms with Gasteiger partial charge >= 0.3 is 5.97 Å². The van der Waals surface area contributed by atoms with Crippen LogP contribution < -0.4 is 0 Å². The molecule has 1 aliphatic heterocycles. The van der Waals surface area contributed by atoms with Crippen molar-refractivity contribution in [2.45, 2.75) is 84.3 Å². The number of fused-ring (bicyclic) bond motifs is 1. The number of epoxide rings is 1. The van der Waals surface area contributed by atoms with Gasteiger partial charge in [-0.1, -0.05) is 29.9 Å². The summed E-state index contributed by atoms with van der Waals surface area (Å²) in [6, 6.07) is 0. The van der Waals surface area contributed by atoms with Gasteiger partial charge in [0.1, 0.15) is 6.61 Å². The average molecular weight is 347 g/mol. The van der Waals surface area contributed by atoms with Crippen LogP contribution in [0, 0.1) is 5.92 Å². The molecule has 3 nitrogen and oxygen atoms in total. The maximum absolute atomic E-state index is 11.1. The molecule has 1 heterocycles. The Labute approximate surface area is 153 Å². The number of hydrogen-bond donors (Lipinski definition) is 0. The van der Waals surface area contributed by atoms with Crippen LogP contribution in [0.25, 0.3) is 0 Å². The van der Waals surface area contributed by atoms with E-state index in [1.807, 2.05) is 0 Å². The largest absolute Gasteiger partial charge is 0.461 e. The summed E-state index contributed by atoms with van der Waals surface area (Å²) < 4.78 is 11.2. The number of ether oxygens (including phenoxy) is 2. The third-order valence-electron chi connectivity index (χ3n) is 5.62. The number of rotatable bonds is 3. The van der Waals surface area contributed by atoms with Gasteiger partial charge in [-0.15, -0.1) is 0 Å². The molecule has 0 aromatic heterocycles. The first-order valence-electron chi connectivity index (χ1n) is 9.60. The second kappa shape index (κ2) is 8.84. The Kier molecular flexibility index (Phi) is 7.06. The van der Waals surface area contributed by atoms with Gasteiger partial charge in [-0.25, -0.2) is 0 Å². The highest BCUT2D eigenvalue weighted by Crippen LogP contribution is 2.45. The van der Waals surface area contributed by atoms with E-state index in [0.29, 0.717) is 18.6 Å². The molecule has 0 aromatic carbocycles. The predicted octanol–water partition coefficient (Wildman–Crippen LogP) is 5.52. The Bertz CT molecular complexity index is 558. The molecular weight excluding hydrogens is 312 g/mol. The van der Waals surface area contributed by atoms with E-state index < -0.39 is 0 Å². The van der Waals surface area contributed by atoms with Crippen molar-refractivity contribution in [3.63, 3.8) is 0 Å². The van der Waals surface area contributed by atoms with Gasteiger partial charge < -0.3 is 9.47 Å². The van der Waals surface area contributed by atoms with Crippen LogP contribution in [0.2, 0.25) is 0 Å². The van der Waals surface area contributed by atoms with E-state index in [0.717, 1.165) is 50.5 Å². The molecule has 0 unspecified atom stereocenters. The monoisotopic (exact) mass is 346 g/mol. The summed E-state index contributed by atoms with van der Waals surface area (Å²) >= 11 is 0. The van der Waals surface area contributed by atoms with Gasteiger partial charge in [-0.2, -0.15) is 0 Å². The summed E-state index contributed by atoms with van der Waals surface area (Å²) in [4.78, 5) is 11.1. The third kappa shape index (κ3) is 6.47. The molecule has 2 aliphatic rings. The van der Waals surface area contributed by atoms with E-state index in [1.54, 1.807) is 0 Å². The first kappa shape index (κ1) is 20.0. The molecule has 1 aliphatic carbocycles. The standard InChI is InChI=1S/C22H34O3/c1-16-8-6-9-17(2)11-12-20(18(3)15-24-19(4)23)14-21-22(5,25-21)13-7-10-16/h9-10,20-21H,3,6-8,11-15H2,1-2,4-5H3/t20-,21-,22-/m0/s1. The quantitative estimate of drug-likeness (QED) is 0.384. The Morgan fingerprint density at radius 3 is 2.68 bits per heavy atom. The van der Waals surface area contributed by atoms with Crippen LogP contribution in [0.15, 0.2) is 35.5 Å². The fraction of sp³-hybridized carbons (Fsp3) is 0.682. The highest BCUT2D eigenvalue weighted by Gasteiger charge is 2.51. The topological polar surface area (TPSA) is 38.8 Å². The lowest BCUT2D eigenvalue weighted by molar-refractivity contribution is -0.140. The number of carbonyl (C=O) groups excluding carboxylic acids is 1. The van der Waals surface area contributed by atoms with Crippen molar-refractivity contribution in [1.82, 2.24) is 0 Å². The number of carbonyl (C=O) groups is 1. The molecule has 0 bridgehead atoms. The van der Waals surface area contributed by atoms with Gasteiger partial charge in [-0.05, 0) is 77.2 Å². The van der Waals surface area contributed by atoms with Crippen LogP contribution in [-0.2, 0) is 14.3 Å². The maximum Gasteiger partial charge on any atom is 0.302 e. The highest BCUT2D eigenvalue weighted by atomic mass is 16.6. The van der Waals surface area contributed by atoms with Gasteiger partial charge in [0.15, 0.2) is 0 Å². The minimum atomic E-state index is -0.243. The summed E-state index contributed by atoms with van der Waals surface area (Å²) in [6.45, 7) is 12.7. The van der Waals surface area contributed by atoms with Crippen LogP contribution in [0.4, 0.5) is 0 Å². The molecule has 0 aromatic rings. The zero-order chi connectivity index (χ0) is 18.4. The number of esters is 1. The van der Waals surface area contributed by atoms with E-state index in [1.165, 1.54) is 18.1 Å². The molecule has 3 heteroatoms. The minimum absolute atomic E-state index is 0.00570. The Morgan fingerprint density at radius 2 is 1.96 bits per heavy atom. The van der Waals surface area contributed by atoms with E-state index in [2.05, 4.69) is 39.5 Å². The van der Waals surface area contributed by atoms with E-state index in [4.69, 9.17) is 9.47 Å². The molecule has 0 saturated carbocycles. The van der Waals surface area contributed by atoms with Crippen molar-refractivity contribution in [1.29, 1.82) is 0 Å². The molecule has 0 spiro atoms. The summed E-state index contributed by atoms with van der Waals surface area (Å²) in [5, 5.41) is 0. The highest BCUT2D eigenvalue weighted by molar-refractivity contribution is 5.66. The van der Waals surface area contributed by atoms with E-state index in [9.17, 15) is 4.79 Å². The zero-order valence-electron chi connectivity index (χ0n) is 16.4. The molecule has 3 atom stereocenters. The molecular formula is C22H34O3. The van der Waals surface area contributed by atoms with Crippen molar-refractivity contribution in [2.24, 2.45) is 5.92 Å². The summed E-state index contributed by atoms with van der Waals surface area (Å²) in [6.07, 6.45) is 12.5. The number of allylic oxidation sites excluding steroid dienone is 4. The molecule has 1 saturated heterocycles. The van der Waals surface area contributed by atoms with Crippen LogP contribution in [0.1, 0.15) is 72.6 Å². The third-order valence-corrected chi connectivity index (χ3v) is 5.62. The van der Waals surface area contributed by atoms with Gasteiger partial charge in [0.05, 0.1) is 11.7 Å². The Hall–Kier alpha value is -1.35. The molecule has 0 N–H and O–H groups in total. The molecule has 140 valence electrons. The van der Waals surface area contributed by atoms with E-state index in [-0.39, 0.29) is 11.6 Å². The molecule has 0 radical (unpaired) electrons. The van der Waals surface area contributed by atoms with Gasteiger partial charge in [-0.3, -0.25) is 4.79 Å². The summed E-state index contributed by atoms with van der Waals surface area (Å²) in [5.41, 5.74) is 3.94. The van der Waals surface area contributed by atoms with Gasteiger partial charge in [0.25, 0.3) is 0 Å². The molecule has 25 heavy (non-hydrogen) atoms. The second-order valence-corrected chi connectivity index (χ2v) is 8.01. The lowest BCUT2D eigenvalue weighted by atomic mass is 9.85.